The molecule has 0 spiro atoms. The highest BCUT2D eigenvalue weighted by Crippen LogP contribution is 2.59. The second-order valence-electron chi connectivity index (χ2n) is 8.71. The molecule has 3 atom stereocenters. The summed E-state index contributed by atoms with van der Waals surface area (Å²) < 4.78 is 24.1. The monoisotopic (exact) mass is 497 g/mol. The Bertz CT molecular complexity index is 1180. The number of ether oxygens (including phenoxy) is 2. The summed E-state index contributed by atoms with van der Waals surface area (Å²) in [6, 6.07) is 10.4. The van der Waals surface area contributed by atoms with Crippen LogP contribution >= 0.6 is 0 Å². The molecule has 11 nitrogen and oxygen atoms in total. The van der Waals surface area contributed by atoms with Gasteiger partial charge in [-0.25, -0.2) is 9.18 Å². The van der Waals surface area contributed by atoms with Crippen LogP contribution in [0.4, 0.5) is 4.39 Å². The van der Waals surface area contributed by atoms with Crippen LogP contribution in [0.25, 0.3) is 10.4 Å². The van der Waals surface area contributed by atoms with Gasteiger partial charge in [0, 0.05) is 28.5 Å². The van der Waals surface area contributed by atoms with Crippen LogP contribution in [0.3, 0.4) is 0 Å². The normalized spacial score (nSPS) is 21.8. The van der Waals surface area contributed by atoms with E-state index < -0.39 is 29.2 Å². The molecule has 1 aliphatic carbocycles. The fourth-order valence-corrected chi connectivity index (χ4v) is 4.50. The maximum Gasteiger partial charge on any atom is 0.326 e. The van der Waals surface area contributed by atoms with Gasteiger partial charge < -0.3 is 24.8 Å². The van der Waals surface area contributed by atoms with Crippen LogP contribution in [0.2, 0.25) is 0 Å². The second-order valence-corrected chi connectivity index (χ2v) is 8.71. The summed E-state index contributed by atoms with van der Waals surface area (Å²) in [5.74, 6) is -1.57. The summed E-state index contributed by atoms with van der Waals surface area (Å²) in [5, 5.41) is 15.6. The zero-order valence-electron chi connectivity index (χ0n) is 19.2. The maximum absolute atomic E-state index is 13.0. The molecule has 4 rings (SSSR count). The number of amides is 2. The quantitative estimate of drug-likeness (QED) is 0.210. The van der Waals surface area contributed by atoms with Gasteiger partial charge in [0.15, 0.2) is 0 Å². The SMILES string of the molecule is [N-]=[N+]=NCCOC[C@@]12C[C@@H]1N(C(=O)CNC(=O)c1ccc(Oc3ccc(F)cc3)cc1)[C@H](C(=O)O)C2. The number of likely N-dealkylation sites (tertiary alicyclic amines) is 1. The average Bonchev–Trinajstić information content (AvgIpc) is 3.47. The summed E-state index contributed by atoms with van der Waals surface area (Å²) >= 11 is 0. The Morgan fingerprint density at radius 2 is 1.81 bits per heavy atom. The highest BCUT2D eigenvalue weighted by molar-refractivity contribution is 5.97. The number of benzene rings is 2. The Balaban J connectivity index is 1.30. The molecule has 188 valence electrons. The van der Waals surface area contributed by atoms with Crippen molar-refractivity contribution in [2.45, 2.75) is 24.9 Å². The molecule has 1 aliphatic heterocycles. The van der Waals surface area contributed by atoms with Crippen LogP contribution in [0.15, 0.2) is 53.6 Å². The predicted octanol–water partition coefficient (Wildman–Crippen LogP) is 3.12. The maximum atomic E-state index is 13.0. The van der Waals surface area contributed by atoms with E-state index in [1.54, 1.807) is 12.1 Å². The van der Waals surface area contributed by atoms with Gasteiger partial charge in [-0.2, -0.15) is 0 Å². The molecule has 2 aromatic carbocycles. The minimum Gasteiger partial charge on any atom is -0.480 e. The number of rotatable bonds is 11. The molecule has 0 unspecified atom stereocenters. The van der Waals surface area contributed by atoms with Crippen molar-refractivity contribution in [1.82, 2.24) is 10.2 Å². The van der Waals surface area contributed by atoms with Crippen LogP contribution < -0.4 is 10.1 Å². The first-order chi connectivity index (χ1) is 17.3. The fraction of sp³-hybridized carbons (Fsp3) is 0.375. The highest BCUT2D eigenvalue weighted by atomic mass is 19.1. The molecule has 0 radical (unpaired) electrons. The molecule has 2 amide bonds. The molecule has 2 aliphatic rings. The van der Waals surface area contributed by atoms with E-state index >= 15 is 0 Å². The predicted molar refractivity (Wildman–Crippen MR) is 124 cm³/mol. The summed E-state index contributed by atoms with van der Waals surface area (Å²) in [5.41, 5.74) is 8.17. The summed E-state index contributed by atoms with van der Waals surface area (Å²) in [6.45, 7) is 0.313. The van der Waals surface area contributed by atoms with Gasteiger partial charge >= 0.3 is 5.97 Å². The molecule has 36 heavy (non-hydrogen) atoms. The molecule has 2 aromatic rings. The van der Waals surface area contributed by atoms with Crippen molar-refractivity contribution in [3.63, 3.8) is 0 Å². The first kappa shape index (κ1) is 25.0. The van der Waals surface area contributed by atoms with E-state index in [1.807, 2.05) is 0 Å². The number of fused-ring (bicyclic) bond motifs is 1. The lowest BCUT2D eigenvalue weighted by molar-refractivity contribution is -0.149. The van der Waals surface area contributed by atoms with Gasteiger partial charge in [-0.3, -0.25) is 9.59 Å². The van der Waals surface area contributed by atoms with Crippen LogP contribution in [0.1, 0.15) is 23.2 Å². The first-order valence-electron chi connectivity index (χ1n) is 11.3. The van der Waals surface area contributed by atoms with Crippen LogP contribution in [0, 0.1) is 11.2 Å². The molecule has 1 saturated carbocycles. The third-order valence-electron chi connectivity index (χ3n) is 6.35. The molecule has 2 fully saturated rings. The van der Waals surface area contributed by atoms with E-state index in [-0.39, 0.29) is 44.6 Å². The van der Waals surface area contributed by atoms with Crippen molar-refractivity contribution >= 4 is 17.8 Å². The highest BCUT2D eigenvalue weighted by Gasteiger charge is 2.67. The van der Waals surface area contributed by atoms with E-state index in [9.17, 15) is 23.9 Å². The topological polar surface area (TPSA) is 154 Å². The summed E-state index contributed by atoms with van der Waals surface area (Å²) in [4.78, 5) is 41.2. The number of carbonyl (C=O) groups excluding carboxylic acids is 2. The molecule has 0 aromatic heterocycles. The van der Waals surface area contributed by atoms with Crippen molar-refractivity contribution in [2.75, 3.05) is 26.3 Å². The molecule has 1 saturated heterocycles. The number of hydrogen-bond acceptors (Lipinski definition) is 6. The van der Waals surface area contributed by atoms with Crippen molar-refractivity contribution < 1.29 is 33.4 Å². The minimum atomic E-state index is -1.10. The Morgan fingerprint density at radius 1 is 1.14 bits per heavy atom. The van der Waals surface area contributed by atoms with Gasteiger partial charge in [0.05, 0.1) is 19.8 Å². The molecular formula is C24H24FN5O6. The fourth-order valence-electron chi connectivity index (χ4n) is 4.50. The van der Waals surface area contributed by atoms with E-state index in [4.69, 9.17) is 15.0 Å². The van der Waals surface area contributed by atoms with E-state index in [1.165, 1.54) is 41.3 Å². The van der Waals surface area contributed by atoms with Crippen molar-refractivity contribution in [1.29, 1.82) is 0 Å². The third kappa shape index (κ3) is 5.56. The van der Waals surface area contributed by atoms with E-state index in [0.29, 0.717) is 23.5 Å². The van der Waals surface area contributed by atoms with Crippen molar-refractivity contribution in [3.8, 4) is 11.5 Å². The Hall–Kier alpha value is -4.15. The van der Waals surface area contributed by atoms with Gasteiger partial charge in [0.1, 0.15) is 23.4 Å². The molecule has 1 heterocycles. The zero-order chi connectivity index (χ0) is 25.7. The minimum absolute atomic E-state index is 0.174. The average molecular weight is 497 g/mol. The standard InChI is InChI=1S/C24H24FN5O6/c25-16-3-7-18(8-4-16)36-17-5-1-15(2-6-17)22(32)27-13-21(31)30-19(23(33)34)11-24(12-20(24)30)14-35-10-9-28-29-26/h1-8,19-20H,9-14H2,(H,27,32)(H,33,34)/t19-,20-,24+/m0/s1. The Labute approximate surface area is 205 Å². The van der Waals surface area contributed by atoms with Gasteiger partial charge in [-0.05, 0) is 66.9 Å². The number of carboxylic acid groups (broad SMARTS) is 1. The van der Waals surface area contributed by atoms with Crippen molar-refractivity contribution in [2.24, 2.45) is 10.5 Å². The number of carbonyl (C=O) groups is 3. The number of azide groups is 1. The number of nitrogens with zero attached hydrogens (tertiary/aromatic N) is 4. The van der Waals surface area contributed by atoms with Crippen LogP contribution in [-0.2, 0) is 14.3 Å². The van der Waals surface area contributed by atoms with Crippen LogP contribution in [0.5, 0.6) is 11.5 Å². The van der Waals surface area contributed by atoms with Crippen molar-refractivity contribution in [3.05, 3.63) is 70.4 Å². The molecular weight excluding hydrogens is 473 g/mol. The molecule has 12 heteroatoms. The second kappa shape index (κ2) is 10.6. The smallest absolute Gasteiger partial charge is 0.326 e. The number of nitrogens with one attached hydrogen (secondary N) is 1. The number of carboxylic acids is 1. The number of aliphatic carboxylic acids is 1. The van der Waals surface area contributed by atoms with Gasteiger partial charge in [0.2, 0.25) is 5.91 Å². The lowest BCUT2D eigenvalue weighted by atomic mass is 10.0. The number of hydrogen-bond donors (Lipinski definition) is 2. The largest absolute Gasteiger partial charge is 0.480 e. The van der Waals surface area contributed by atoms with Gasteiger partial charge in [-0.1, -0.05) is 5.11 Å². The summed E-state index contributed by atoms with van der Waals surface area (Å²) in [6.07, 6.45) is 0.886. The molecule has 2 N–H and O–H groups in total. The Morgan fingerprint density at radius 3 is 2.44 bits per heavy atom. The van der Waals surface area contributed by atoms with Gasteiger partial charge in [0.25, 0.3) is 5.91 Å². The third-order valence-corrected chi connectivity index (χ3v) is 6.35. The lowest BCUT2D eigenvalue weighted by Crippen LogP contribution is -2.47. The van der Waals surface area contributed by atoms with E-state index in [2.05, 4.69) is 15.3 Å². The van der Waals surface area contributed by atoms with Gasteiger partial charge in [-0.15, -0.1) is 0 Å². The Kier molecular flexibility index (Phi) is 7.37. The first-order valence-corrected chi connectivity index (χ1v) is 11.3. The molecule has 0 bridgehead atoms. The summed E-state index contributed by atoms with van der Waals surface area (Å²) in [7, 11) is 0. The zero-order valence-corrected chi connectivity index (χ0v) is 19.2. The lowest BCUT2D eigenvalue weighted by Gasteiger charge is -2.24. The van der Waals surface area contributed by atoms with Crippen LogP contribution in [-0.4, -0.2) is 66.2 Å². The van der Waals surface area contributed by atoms with E-state index in [0.717, 1.165) is 0 Å². The number of halogens is 1. The number of piperidine rings is 1.